The van der Waals surface area contributed by atoms with Gasteiger partial charge in [0.05, 0.1) is 22.4 Å². The van der Waals surface area contributed by atoms with Gasteiger partial charge < -0.3 is 24.6 Å². The van der Waals surface area contributed by atoms with Crippen molar-refractivity contribution in [2.45, 2.75) is 86.9 Å². The molecule has 2 saturated carbocycles. The number of aromatic nitrogens is 3. The van der Waals surface area contributed by atoms with Crippen LogP contribution in [0, 0.1) is 5.92 Å². The number of methoxy groups -OCH3 is 1. The Labute approximate surface area is 323 Å². The van der Waals surface area contributed by atoms with Gasteiger partial charge in [-0.15, -0.1) is 22.7 Å². The fourth-order valence-corrected chi connectivity index (χ4v) is 9.68. The van der Waals surface area contributed by atoms with Crippen LogP contribution in [-0.4, -0.2) is 101 Å². The van der Waals surface area contributed by atoms with Gasteiger partial charge in [-0.1, -0.05) is 12.2 Å². The average Bonchev–Trinajstić information content (AvgIpc) is 3.87. The van der Waals surface area contributed by atoms with Gasteiger partial charge >= 0.3 is 12.2 Å². The molecule has 1 saturated heterocycles. The summed E-state index contributed by atoms with van der Waals surface area (Å²) in [7, 11) is -0.874. The topological polar surface area (TPSA) is 173 Å². The molecular weight excluding hydrogens is 784 g/mol. The third-order valence-corrected chi connectivity index (χ3v) is 14.5. The predicted molar refractivity (Wildman–Crippen MR) is 197 cm³/mol. The molecule has 20 heteroatoms. The number of rotatable bonds is 8. The van der Waals surface area contributed by atoms with Crippen molar-refractivity contribution in [1.82, 2.24) is 34.8 Å². The second kappa shape index (κ2) is 14.6. The maximum atomic E-state index is 14.3. The second-order valence-electron chi connectivity index (χ2n) is 14.5. The maximum Gasteiger partial charge on any atom is 0.434 e. The minimum absolute atomic E-state index is 0.00410. The third kappa shape index (κ3) is 7.89. The number of hydrogen-bond donors (Lipinski definition) is 2. The van der Waals surface area contributed by atoms with Gasteiger partial charge in [0.2, 0.25) is 21.8 Å². The Bertz CT molecular complexity index is 2120. The Morgan fingerprint density at radius 3 is 2.62 bits per heavy atom. The minimum atomic E-state index is -4.67. The number of urea groups is 1. The summed E-state index contributed by atoms with van der Waals surface area (Å²) >= 11 is 2.02. The number of hydrogen-bond acceptors (Lipinski definition) is 12. The lowest BCUT2D eigenvalue weighted by Crippen LogP contribution is -2.61. The summed E-state index contributed by atoms with van der Waals surface area (Å²) in [5, 5.41) is 5.41. The van der Waals surface area contributed by atoms with Crippen LogP contribution in [-0.2, 0) is 25.8 Å². The minimum Gasteiger partial charge on any atom is -0.495 e. The number of sulfonamides is 1. The highest BCUT2D eigenvalue weighted by atomic mass is 32.2. The van der Waals surface area contributed by atoms with Crippen LogP contribution in [0.3, 0.4) is 0 Å². The van der Waals surface area contributed by atoms with Crippen LogP contribution < -0.4 is 19.5 Å². The molecule has 4 atom stereocenters. The second-order valence-corrected chi connectivity index (χ2v) is 18.5. The first-order valence-electron chi connectivity index (χ1n) is 17.8. The molecule has 2 N–H and O–H groups in total. The van der Waals surface area contributed by atoms with Gasteiger partial charge in [-0.25, -0.2) is 23.2 Å². The number of carbonyl (C=O) groups is 3. The van der Waals surface area contributed by atoms with Crippen LogP contribution >= 0.6 is 22.7 Å². The van der Waals surface area contributed by atoms with Crippen molar-refractivity contribution in [2.24, 2.45) is 5.92 Å². The van der Waals surface area contributed by atoms with E-state index in [-0.39, 0.29) is 48.6 Å². The Hall–Kier alpha value is -4.30. The summed E-state index contributed by atoms with van der Waals surface area (Å²) in [6.07, 6.45) is 1.77. The summed E-state index contributed by atoms with van der Waals surface area (Å²) in [5.74, 6) is -1.56. The molecule has 5 heterocycles. The lowest BCUT2D eigenvalue weighted by molar-refractivity contribution is -0.140. The van der Waals surface area contributed by atoms with Gasteiger partial charge in [0.1, 0.15) is 23.4 Å². The first kappa shape index (κ1) is 39.0. The number of amides is 4. The number of nitrogens with zero attached hydrogens (tertiary/aromatic N) is 5. The van der Waals surface area contributed by atoms with Gasteiger partial charge in [0.25, 0.3) is 5.91 Å². The fourth-order valence-electron chi connectivity index (χ4n) is 6.79. The predicted octanol–water partition coefficient (Wildman–Crippen LogP) is 5.23. The largest absolute Gasteiger partial charge is 0.495 e. The van der Waals surface area contributed by atoms with E-state index in [0.29, 0.717) is 48.5 Å². The summed E-state index contributed by atoms with van der Waals surface area (Å²) in [4.78, 5) is 58.1. The molecule has 4 amide bonds. The van der Waals surface area contributed by atoms with Gasteiger partial charge in [0.15, 0.2) is 16.5 Å². The molecule has 4 aliphatic rings. The fraction of sp³-hybridized carbons (Fsp3) is 0.543. The lowest BCUT2D eigenvalue weighted by Gasteiger charge is -2.40. The number of allylic oxidation sites excluding steroid dienone is 1. The van der Waals surface area contributed by atoms with E-state index in [1.165, 1.54) is 29.4 Å². The molecule has 7 rings (SSSR count). The number of carbonyl (C=O) groups excluding carboxylic acids is 3. The number of thiazole rings is 1. The molecule has 0 aromatic carbocycles. The van der Waals surface area contributed by atoms with Crippen molar-refractivity contribution in [2.75, 3.05) is 27.2 Å². The van der Waals surface area contributed by atoms with Gasteiger partial charge in [-0.05, 0) is 56.9 Å². The molecule has 3 aromatic heterocycles. The van der Waals surface area contributed by atoms with E-state index in [0.717, 1.165) is 23.1 Å². The smallest absolute Gasteiger partial charge is 0.434 e. The van der Waals surface area contributed by atoms with E-state index in [9.17, 15) is 36.0 Å². The summed E-state index contributed by atoms with van der Waals surface area (Å²) in [6, 6.07) is 1.73. The maximum absolute atomic E-state index is 14.3. The number of piperidine rings is 1. The molecule has 296 valence electrons. The Balaban J connectivity index is 1.19. The van der Waals surface area contributed by atoms with E-state index < -0.39 is 62.1 Å². The normalized spacial score (nSPS) is 26.2. The molecule has 2 aliphatic heterocycles. The monoisotopic (exact) mass is 823 g/mol. The number of ether oxygens (including phenoxy) is 2. The Morgan fingerprint density at radius 2 is 1.91 bits per heavy atom. The standard InChI is InChI=1S/C35H40F3N7O7S3/c1-33(11-12-33)55(49,50)43-31(47)34-18-20(34)8-6-4-5-7-13-44(2)32(48)45-14-9-21(16-23(45)29(46)42-34)52-26-17-22(27-24(51-3)10-15-53-27)39-28(41-26)30-40-25(19-54-30)35(36,37)38/h6,8,10,15,17,19-21,23H,4-5,7,9,11-14,16,18H2,1-3H3,(H,42,46)(H,43,47)/b8-6-/t20-,21-,23-,34+/m0/s1. The van der Waals surface area contributed by atoms with Crippen LogP contribution in [0.25, 0.3) is 21.4 Å². The molecule has 3 aromatic rings. The number of nitrogens with one attached hydrogen (secondary N) is 2. The van der Waals surface area contributed by atoms with E-state index in [1.807, 2.05) is 12.2 Å². The van der Waals surface area contributed by atoms with Crippen molar-refractivity contribution in [3.63, 3.8) is 0 Å². The summed E-state index contributed by atoms with van der Waals surface area (Å²) in [6.45, 7) is 2.11. The zero-order valence-corrected chi connectivity index (χ0v) is 32.7. The number of fused-ring (bicyclic) bond motifs is 2. The first-order valence-corrected chi connectivity index (χ1v) is 21.1. The molecule has 2 aliphatic carbocycles. The third-order valence-electron chi connectivity index (χ3n) is 10.6. The number of thiophene rings is 1. The van der Waals surface area contributed by atoms with Crippen molar-refractivity contribution >= 4 is 50.5 Å². The van der Waals surface area contributed by atoms with E-state index in [1.54, 1.807) is 30.3 Å². The van der Waals surface area contributed by atoms with Crippen LogP contribution in [0.1, 0.15) is 64.0 Å². The molecular formula is C35H40F3N7O7S3. The number of halogens is 3. The first-order chi connectivity index (χ1) is 26.0. The van der Waals surface area contributed by atoms with Gasteiger partial charge in [-0.2, -0.15) is 18.2 Å². The molecule has 0 radical (unpaired) electrons. The highest BCUT2D eigenvalue weighted by Crippen LogP contribution is 2.47. The molecule has 14 nitrogen and oxygen atoms in total. The molecule has 3 fully saturated rings. The molecule has 55 heavy (non-hydrogen) atoms. The Morgan fingerprint density at radius 1 is 1.13 bits per heavy atom. The highest BCUT2D eigenvalue weighted by molar-refractivity contribution is 7.91. The van der Waals surface area contributed by atoms with Crippen LogP contribution in [0.2, 0.25) is 0 Å². The quantitative estimate of drug-likeness (QED) is 0.287. The van der Waals surface area contributed by atoms with Gasteiger partial charge in [0, 0.05) is 50.3 Å². The van der Waals surface area contributed by atoms with E-state index in [2.05, 4.69) is 25.0 Å². The van der Waals surface area contributed by atoms with E-state index in [4.69, 9.17) is 9.47 Å². The SMILES string of the molecule is COc1ccsc1-c1cc(O[C@H]2CCN3C(=O)N(C)CCCC/C=C\[C@H]4C[C@@]4(C(=O)NS(=O)(=O)C4(C)CC4)NC(=O)[C@@H]3C2)nc(-c2nc(C(F)(F)F)cs2)n1. The lowest BCUT2D eigenvalue weighted by atomic mass is 9.97. The van der Waals surface area contributed by atoms with Gasteiger partial charge in [-0.3, -0.25) is 14.3 Å². The molecule has 0 bridgehead atoms. The Kier molecular flexibility index (Phi) is 10.4. The van der Waals surface area contributed by atoms with Crippen molar-refractivity contribution in [1.29, 1.82) is 0 Å². The van der Waals surface area contributed by atoms with Crippen LogP contribution in [0.15, 0.2) is 35.0 Å². The zero-order chi connectivity index (χ0) is 39.3. The summed E-state index contributed by atoms with van der Waals surface area (Å²) in [5.41, 5.74) is -2.31. The average molecular weight is 824 g/mol. The number of alkyl halides is 3. The van der Waals surface area contributed by atoms with Crippen molar-refractivity contribution in [3.8, 4) is 33.0 Å². The van der Waals surface area contributed by atoms with Crippen molar-refractivity contribution in [3.05, 3.63) is 40.7 Å². The van der Waals surface area contributed by atoms with Crippen LogP contribution in [0.4, 0.5) is 18.0 Å². The summed E-state index contributed by atoms with van der Waals surface area (Å²) < 4.78 is 79.6. The van der Waals surface area contributed by atoms with E-state index >= 15 is 0 Å². The molecule has 0 spiro atoms. The molecule has 0 unspecified atom stereocenters. The van der Waals surface area contributed by atoms with Crippen molar-refractivity contribution < 1.29 is 45.4 Å². The zero-order valence-electron chi connectivity index (χ0n) is 30.2. The van der Waals surface area contributed by atoms with Crippen LogP contribution in [0.5, 0.6) is 11.6 Å². The highest BCUT2D eigenvalue weighted by Gasteiger charge is 2.63.